The molecule has 18 heteroatoms. The molecule has 2 unspecified atom stereocenters. The molecule has 0 saturated carbocycles. The number of aliphatic hydroxyl groups is 4. The van der Waals surface area contributed by atoms with Crippen LogP contribution in [-0.4, -0.2) is 83.0 Å². The Bertz CT molecular complexity index is 1550. The Kier molecular flexibility index (Phi) is 7.81. The van der Waals surface area contributed by atoms with E-state index in [2.05, 4.69) is 14.5 Å². The van der Waals surface area contributed by atoms with E-state index >= 15 is 0 Å². The number of rotatable bonds is 7. The molecule has 39 heavy (non-hydrogen) atoms. The highest BCUT2D eigenvalue weighted by atomic mass is 32.1. The van der Waals surface area contributed by atoms with E-state index in [0.717, 1.165) is 9.13 Å². The van der Waals surface area contributed by atoms with Crippen LogP contribution in [0.5, 0.6) is 0 Å². The molecule has 0 aliphatic carbocycles. The normalized spacial score (nSPS) is 33.2. The summed E-state index contributed by atoms with van der Waals surface area (Å²) in [5, 5.41) is 43.7. The second kappa shape index (κ2) is 10.3. The van der Waals surface area contributed by atoms with Gasteiger partial charge in [0.05, 0.1) is 12.7 Å². The molecule has 16 nitrogen and oxygen atoms in total. The maximum Gasteiger partial charge on any atom is 0.330 e. The molecule has 216 valence electrons. The van der Waals surface area contributed by atoms with Crippen molar-refractivity contribution >= 4 is 19.8 Å². The number of aryl methyl sites for hydroxylation is 2. The molecule has 2 aliphatic heterocycles. The molecule has 0 spiro atoms. The van der Waals surface area contributed by atoms with Crippen LogP contribution in [-0.2, 0) is 24.3 Å². The van der Waals surface area contributed by atoms with Crippen LogP contribution in [0.25, 0.3) is 0 Å². The van der Waals surface area contributed by atoms with Gasteiger partial charge in [0, 0.05) is 43.0 Å². The van der Waals surface area contributed by atoms with Crippen LogP contribution in [0.3, 0.4) is 0 Å². The lowest BCUT2D eigenvalue weighted by molar-refractivity contribution is -0.276. The predicted molar refractivity (Wildman–Crippen MR) is 131 cm³/mol. The van der Waals surface area contributed by atoms with E-state index in [1.54, 1.807) is 0 Å². The molecule has 2 aromatic heterocycles. The van der Waals surface area contributed by atoms with Crippen molar-refractivity contribution in [1.82, 2.24) is 19.1 Å². The average molecular weight is 592 g/mol. The average Bonchev–Trinajstić information content (AvgIpc) is 3.36. The number of hydrogen-bond acceptors (Lipinski definition) is 13. The molecule has 2 fully saturated rings. The number of nitrogens with zero attached hydrogens (tertiary/aromatic N) is 2. The smallest absolute Gasteiger partial charge is 0.330 e. The fourth-order valence-electron chi connectivity index (χ4n) is 5.05. The van der Waals surface area contributed by atoms with Gasteiger partial charge in [-0.15, -0.1) is 0 Å². The number of aliphatic hydroxyl groups excluding tert-OH is 3. The van der Waals surface area contributed by atoms with Crippen molar-refractivity contribution in [2.24, 2.45) is 0 Å². The zero-order valence-electron chi connectivity index (χ0n) is 21.0. The van der Waals surface area contributed by atoms with Gasteiger partial charge in [0.2, 0.25) is 0 Å². The van der Waals surface area contributed by atoms with E-state index in [0.29, 0.717) is 12.2 Å². The zero-order valence-corrected chi connectivity index (χ0v) is 22.7. The van der Waals surface area contributed by atoms with Gasteiger partial charge < -0.3 is 43.9 Å². The van der Waals surface area contributed by atoms with E-state index in [1.165, 1.54) is 26.2 Å². The first-order chi connectivity index (χ1) is 18.0. The lowest BCUT2D eigenvalue weighted by Gasteiger charge is -2.45. The third-order valence-electron chi connectivity index (χ3n) is 6.92. The second-order valence-corrected chi connectivity index (χ2v) is 11.9. The molecule has 0 bridgehead atoms. The summed E-state index contributed by atoms with van der Waals surface area (Å²) in [6.45, 7) is 2.79. The first-order valence-electron chi connectivity index (χ1n) is 11.7. The monoisotopic (exact) mass is 591 g/mol. The van der Waals surface area contributed by atoms with Crippen molar-refractivity contribution in [2.75, 3.05) is 13.3 Å². The van der Waals surface area contributed by atoms with Crippen molar-refractivity contribution in [2.45, 2.75) is 68.8 Å². The number of aromatic amines is 2. The molecule has 0 amide bonds. The summed E-state index contributed by atoms with van der Waals surface area (Å²) in [5.41, 5.74) is -6.70. The minimum absolute atomic E-state index is 0.0599. The van der Waals surface area contributed by atoms with Gasteiger partial charge in [0.1, 0.15) is 36.3 Å². The lowest BCUT2D eigenvalue weighted by Crippen LogP contribution is -2.63. The standard InChI is InChI=1S/C21H29N4O12PS/c1-9-6-24(18(30)22-15(9)28)13-5-20(32,12(8-26)35-13)21(25-7-10(2)16(39)23-19(25)31)4-11(27)14(36-21)17(29)37-38(3,33)34/h6-7,11-14,17,26-27,29,32H,4-5,8H2,1-3H3,(H,33,34)(H,22,28,30)(H,23,31,39)/p-1/t11-,12+,13+,14-,17?,20-,21-/m0/s1. The van der Waals surface area contributed by atoms with Crippen molar-refractivity contribution in [3.05, 3.63) is 59.5 Å². The highest BCUT2D eigenvalue weighted by Gasteiger charge is 2.68. The molecule has 6 N–H and O–H groups in total. The van der Waals surface area contributed by atoms with Gasteiger partial charge in [-0.3, -0.25) is 23.9 Å². The fourth-order valence-corrected chi connectivity index (χ4v) is 5.70. The van der Waals surface area contributed by atoms with Crippen LogP contribution in [0.1, 0.15) is 30.2 Å². The summed E-state index contributed by atoms with van der Waals surface area (Å²) in [5.74, 6) is 0. The molecule has 8 atom stereocenters. The molecule has 2 aliphatic rings. The quantitative estimate of drug-likeness (QED) is 0.110. The summed E-state index contributed by atoms with van der Waals surface area (Å²) in [7, 11) is -4.54. The van der Waals surface area contributed by atoms with Crippen LogP contribution in [0.15, 0.2) is 26.8 Å². The van der Waals surface area contributed by atoms with Crippen LogP contribution >= 0.6 is 19.8 Å². The first kappa shape index (κ1) is 29.7. The SMILES string of the molecule is Cc1cn([C@H]2C[C@@](O)([C@]3(n4cc(C)c(=S)[nH]c4=O)C[C@H](O)[C@@H](C(O)OP(C)(=O)[O-])O3)[C@@H](CO)O2)c(=O)[nH]c1=O. The third kappa shape index (κ3) is 5.15. The highest BCUT2D eigenvalue weighted by Crippen LogP contribution is 2.53. The zero-order chi connectivity index (χ0) is 29.1. The largest absolute Gasteiger partial charge is 0.779 e. The fraction of sp³-hybridized carbons (Fsp3) is 0.619. The van der Waals surface area contributed by atoms with Crippen LogP contribution < -0.4 is 21.8 Å². The van der Waals surface area contributed by atoms with Crippen LogP contribution in [0, 0.1) is 18.5 Å². The van der Waals surface area contributed by atoms with Gasteiger partial charge >= 0.3 is 11.4 Å². The van der Waals surface area contributed by atoms with Crippen LogP contribution in [0.2, 0.25) is 0 Å². The molecule has 4 rings (SSSR count). The lowest BCUT2D eigenvalue weighted by atomic mass is 9.80. The number of nitrogens with one attached hydrogen (secondary N) is 2. The third-order valence-corrected chi connectivity index (χ3v) is 7.95. The molecule has 0 aromatic carbocycles. The summed E-state index contributed by atoms with van der Waals surface area (Å²) in [6.07, 6.45) is -7.36. The number of aromatic nitrogens is 4. The summed E-state index contributed by atoms with van der Waals surface area (Å²) < 4.78 is 29.9. The van der Waals surface area contributed by atoms with E-state index in [1.807, 2.05) is 0 Å². The van der Waals surface area contributed by atoms with Crippen molar-refractivity contribution in [1.29, 1.82) is 0 Å². The molecular formula is C21H28N4O12PS-. The Morgan fingerprint density at radius 2 is 1.90 bits per heavy atom. The highest BCUT2D eigenvalue weighted by molar-refractivity contribution is 7.71. The molecule has 4 heterocycles. The topological polar surface area (TPSA) is 241 Å². The van der Waals surface area contributed by atoms with Gasteiger partial charge in [0.15, 0.2) is 12.0 Å². The van der Waals surface area contributed by atoms with Gasteiger partial charge in [-0.25, -0.2) is 9.59 Å². The van der Waals surface area contributed by atoms with Crippen LogP contribution in [0.4, 0.5) is 0 Å². The Labute approximate surface area is 224 Å². The molecule has 2 saturated heterocycles. The van der Waals surface area contributed by atoms with E-state index in [-0.39, 0.29) is 10.2 Å². The van der Waals surface area contributed by atoms with Gasteiger partial charge in [-0.05, 0) is 13.8 Å². The van der Waals surface area contributed by atoms with Gasteiger partial charge in [-0.1, -0.05) is 12.2 Å². The Morgan fingerprint density at radius 1 is 1.23 bits per heavy atom. The van der Waals surface area contributed by atoms with E-state index in [9.17, 15) is 44.3 Å². The van der Waals surface area contributed by atoms with Crippen molar-refractivity contribution in [3.8, 4) is 0 Å². The maximum absolute atomic E-state index is 13.2. The van der Waals surface area contributed by atoms with E-state index in [4.69, 9.17) is 21.7 Å². The first-order valence-corrected chi connectivity index (χ1v) is 14.1. The van der Waals surface area contributed by atoms with E-state index < -0.39 is 86.1 Å². The van der Waals surface area contributed by atoms with Crippen molar-refractivity contribution in [3.63, 3.8) is 0 Å². The minimum Gasteiger partial charge on any atom is -0.779 e. The second-order valence-electron chi connectivity index (χ2n) is 9.72. The van der Waals surface area contributed by atoms with Gasteiger partial charge in [0.25, 0.3) is 5.56 Å². The van der Waals surface area contributed by atoms with Crippen molar-refractivity contribution < 1.29 is 43.9 Å². The summed E-state index contributed by atoms with van der Waals surface area (Å²) >= 11 is 5.11. The number of hydrogen-bond donors (Lipinski definition) is 6. The minimum atomic E-state index is -4.54. The molecule has 0 radical (unpaired) electrons. The number of ether oxygens (including phenoxy) is 2. The Hall–Kier alpha value is -2.31. The van der Waals surface area contributed by atoms with Gasteiger partial charge in [-0.2, -0.15) is 0 Å². The Morgan fingerprint density at radius 3 is 2.51 bits per heavy atom. The number of H-pyrrole nitrogens is 2. The Balaban J connectivity index is 1.90. The summed E-state index contributed by atoms with van der Waals surface area (Å²) in [4.78, 5) is 53.7. The molecular weight excluding hydrogens is 563 g/mol. The predicted octanol–water partition coefficient (Wildman–Crippen LogP) is -2.60. The maximum atomic E-state index is 13.2. The molecule has 2 aromatic rings. The summed E-state index contributed by atoms with van der Waals surface area (Å²) in [6, 6.07) is 0.